The van der Waals surface area contributed by atoms with Gasteiger partial charge in [0.2, 0.25) is 5.91 Å². The van der Waals surface area contributed by atoms with Gasteiger partial charge in [-0.15, -0.1) is 0 Å². The van der Waals surface area contributed by atoms with Gasteiger partial charge >= 0.3 is 0 Å². The third-order valence-corrected chi connectivity index (χ3v) is 4.41. The average molecular weight is 319 g/mol. The number of amides is 1. The second kappa shape index (κ2) is 5.72. The molecule has 0 saturated carbocycles. The number of halogens is 1. The third kappa shape index (κ3) is 2.71. The zero-order chi connectivity index (χ0) is 14.8. The van der Waals surface area contributed by atoms with E-state index in [1.165, 1.54) is 0 Å². The summed E-state index contributed by atoms with van der Waals surface area (Å²) in [6.07, 6.45) is 1.52. The van der Waals surface area contributed by atoms with E-state index in [0.717, 1.165) is 35.9 Å². The second-order valence-corrected chi connectivity index (χ2v) is 5.74. The van der Waals surface area contributed by atoms with Crippen molar-refractivity contribution in [1.82, 2.24) is 4.37 Å². The largest absolute Gasteiger partial charge is 0.345 e. The molecule has 0 aliphatic carbocycles. The molecule has 1 saturated heterocycles. The Labute approximate surface area is 130 Å². The van der Waals surface area contributed by atoms with Crippen LogP contribution in [0.25, 0.3) is 0 Å². The highest BCUT2D eigenvalue weighted by molar-refractivity contribution is 7.11. The predicted octanol–water partition coefficient (Wildman–Crippen LogP) is 3.54. The van der Waals surface area contributed by atoms with Gasteiger partial charge in [0.1, 0.15) is 16.6 Å². The van der Waals surface area contributed by atoms with Crippen molar-refractivity contribution < 1.29 is 4.79 Å². The molecule has 5 nitrogen and oxygen atoms in total. The van der Waals surface area contributed by atoms with Crippen molar-refractivity contribution in [3.8, 4) is 6.07 Å². The van der Waals surface area contributed by atoms with Gasteiger partial charge in [0.05, 0.1) is 0 Å². The number of carbonyl (C=O) groups is 1. The second-order valence-electron chi connectivity index (χ2n) is 4.61. The molecule has 0 bridgehead atoms. The molecule has 1 aliphatic heterocycles. The lowest BCUT2D eigenvalue weighted by molar-refractivity contribution is -0.117. The molecule has 0 unspecified atom stereocenters. The zero-order valence-electron chi connectivity index (χ0n) is 11.0. The summed E-state index contributed by atoms with van der Waals surface area (Å²) < 4.78 is 3.94. The highest BCUT2D eigenvalue weighted by Crippen LogP contribution is 2.31. The fourth-order valence-corrected chi connectivity index (χ4v) is 3.19. The van der Waals surface area contributed by atoms with Crippen molar-refractivity contribution >= 4 is 45.4 Å². The van der Waals surface area contributed by atoms with E-state index in [1.807, 2.05) is 30.3 Å². The molecule has 0 atom stereocenters. The van der Waals surface area contributed by atoms with Crippen LogP contribution < -0.4 is 10.2 Å². The van der Waals surface area contributed by atoms with Crippen LogP contribution in [0.2, 0.25) is 5.15 Å². The quantitative estimate of drug-likeness (QED) is 0.939. The predicted molar refractivity (Wildman–Crippen MR) is 83.2 cm³/mol. The highest BCUT2D eigenvalue weighted by atomic mass is 35.5. The molecule has 3 rings (SSSR count). The number of rotatable bonds is 3. The van der Waals surface area contributed by atoms with Crippen LogP contribution in [0.5, 0.6) is 0 Å². The van der Waals surface area contributed by atoms with Crippen LogP contribution in [-0.2, 0) is 4.79 Å². The number of nitrogens with one attached hydrogen (secondary N) is 1. The Morgan fingerprint density at radius 1 is 1.38 bits per heavy atom. The van der Waals surface area contributed by atoms with Crippen LogP contribution in [0.3, 0.4) is 0 Å². The zero-order valence-corrected chi connectivity index (χ0v) is 12.5. The average Bonchev–Trinajstić information content (AvgIpc) is 3.06. The number of nitriles is 1. The number of hydrogen-bond donors (Lipinski definition) is 1. The minimum atomic E-state index is 0.164. The van der Waals surface area contributed by atoms with Crippen molar-refractivity contribution in [1.29, 1.82) is 5.26 Å². The maximum atomic E-state index is 11.7. The van der Waals surface area contributed by atoms with Crippen LogP contribution in [-0.4, -0.2) is 16.8 Å². The summed E-state index contributed by atoms with van der Waals surface area (Å²) in [6, 6.07) is 9.55. The van der Waals surface area contributed by atoms with E-state index in [-0.39, 0.29) is 11.1 Å². The van der Waals surface area contributed by atoms with Gasteiger partial charge in [-0.2, -0.15) is 9.64 Å². The fraction of sp³-hybridized carbons (Fsp3) is 0.214. The Kier molecular flexibility index (Phi) is 3.78. The lowest BCUT2D eigenvalue weighted by Gasteiger charge is -2.16. The number of aromatic nitrogens is 1. The summed E-state index contributed by atoms with van der Waals surface area (Å²) in [5.41, 5.74) is 2.06. The third-order valence-electron chi connectivity index (χ3n) is 3.27. The van der Waals surface area contributed by atoms with Crippen LogP contribution in [0.1, 0.15) is 18.4 Å². The molecule has 1 N–H and O–H groups in total. The lowest BCUT2D eigenvalue weighted by atomic mass is 10.2. The molecule has 0 radical (unpaired) electrons. The molecule has 1 aromatic carbocycles. The Morgan fingerprint density at radius 3 is 2.76 bits per heavy atom. The standard InChI is InChI=1S/C14H11ClN4OS/c15-13-11(8-16)14(21-18-13)17-9-3-5-10(6-4-9)19-7-1-2-12(19)20/h3-6,17H,1-2,7H2. The molecule has 1 amide bonds. The van der Waals surface area contributed by atoms with Crippen molar-refractivity contribution in [2.24, 2.45) is 0 Å². The SMILES string of the molecule is N#Cc1c(Cl)nsc1Nc1ccc(N2CCCC2=O)cc1. The van der Waals surface area contributed by atoms with Gasteiger partial charge in [-0.05, 0) is 42.2 Å². The molecule has 1 fully saturated rings. The van der Waals surface area contributed by atoms with Gasteiger partial charge in [-0.25, -0.2) is 0 Å². The van der Waals surface area contributed by atoms with E-state index >= 15 is 0 Å². The molecular weight excluding hydrogens is 308 g/mol. The molecule has 21 heavy (non-hydrogen) atoms. The Bertz CT molecular complexity index is 720. The minimum Gasteiger partial charge on any atom is -0.345 e. The normalized spacial score (nSPS) is 14.3. The van der Waals surface area contributed by atoms with Crippen LogP contribution in [0.4, 0.5) is 16.4 Å². The van der Waals surface area contributed by atoms with Crippen LogP contribution >= 0.6 is 23.1 Å². The maximum absolute atomic E-state index is 11.7. The fourth-order valence-electron chi connectivity index (χ4n) is 2.23. The molecule has 2 aromatic rings. The number of benzene rings is 1. The Balaban J connectivity index is 1.78. The van der Waals surface area contributed by atoms with E-state index in [1.54, 1.807) is 4.90 Å². The molecule has 1 aliphatic rings. The molecule has 106 valence electrons. The van der Waals surface area contributed by atoms with Gasteiger partial charge in [-0.3, -0.25) is 4.79 Å². The Hall–Kier alpha value is -2.10. The van der Waals surface area contributed by atoms with Crippen LogP contribution in [0.15, 0.2) is 24.3 Å². The van der Waals surface area contributed by atoms with E-state index in [0.29, 0.717) is 17.0 Å². The highest BCUT2D eigenvalue weighted by Gasteiger charge is 2.21. The summed E-state index contributed by atoms with van der Waals surface area (Å²) in [5.74, 6) is 0.164. The summed E-state index contributed by atoms with van der Waals surface area (Å²) in [5, 5.41) is 13.0. The summed E-state index contributed by atoms with van der Waals surface area (Å²) in [7, 11) is 0. The molecular formula is C14H11ClN4OS. The molecule has 2 heterocycles. The number of nitrogens with zero attached hydrogens (tertiary/aromatic N) is 3. The van der Waals surface area contributed by atoms with Gasteiger partial charge in [0.25, 0.3) is 0 Å². The molecule has 0 spiro atoms. The van der Waals surface area contributed by atoms with Gasteiger partial charge in [0.15, 0.2) is 5.15 Å². The monoisotopic (exact) mass is 318 g/mol. The number of hydrogen-bond acceptors (Lipinski definition) is 5. The van der Waals surface area contributed by atoms with Crippen molar-refractivity contribution in [3.63, 3.8) is 0 Å². The number of anilines is 3. The van der Waals surface area contributed by atoms with E-state index in [9.17, 15) is 4.79 Å². The molecule has 7 heteroatoms. The first-order valence-corrected chi connectivity index (χ1v) is 7.57. The van der Waals surface area contributed by atoms with Crippen molar-refractivity contribution in [3.05, 3.63) is 35.0 Å². The topological polar surface area (TPSA) is 69.0 Å². The van der Waals surface area contributed by atoms with Crippen molar-refractivity contribution in [2.75, 3.05) is 16.8 Å². The Morgan fingerprint density at radius 2 is 2.14 bits per heavy atom. The minimum absolute atomic E-state index is 0.164. The van der Waals surface area contributed by atoms with Gasteiger partial charge in [-0.1, -0.05) is 11.6 Å². The first-order valence-electron chi connectivity index (χ1n) is 6.42. The van der Waals surface area contributed by atoms with Crippen molar-refractivity contribution in [2.45, 2.75) is 12.8 Å². The summed E-state index contributed by atoms with van der Waals surface area (Å²) in [4.78, 5) is 13.5. The number of carbonyl (C=O) groups excluding carboxylic acids is 1. The summed E-state index contributed by atoms with van der Waals surface area (Å²) in [6.45, 7) is 0.772. The van der Waals surface area contributed by atoms with E-state index in [4.69, 9.17) is 16.9 Å². The first kappa shape index (κ1) is 13.9. The van der Waals surface area contributed by atoms with Crippen LogP contribution in [0, 0.1) is 11.3 Å². The maximum Gasteiger partial charge on any atom is 0.227 e. The van der Waals surface area contributed by atoms with Gasteiger partial charge < -0.3 is 10.2 Å². The van der Waals surface area contributed by atoms with Gasteiger partial charge in [0, 0.05) is 24.3 Å². The first-order chi connectivity index (χ1) is 10.2. The molecule has 1 aromatic heterocycles. The van der Waals surface area contributed by atoms with E-state index < -0.39 is 0 Å². The lowest BCUT2D eigenvalue weighted by Crippen LogP contribution is -2.23. The smallest absolute Gasteiger partial charge is 0.227 e. The van der Waals surface area contributed by atoms with E-state index in [2.05, 4.69) is 9.69 Å². The summed E-state index contributed by atoms with van der Waals surface area (Å²) >= 11 is 6.98.